The molecule has 3 heteroatoms. The van der Waals surface area contributed by atoms with Gasteiger partial charge in [0.25, 0.3) is 0 Å². The Morgan fingerprint density at radius 3 is 2.11 bits per heavy atom. The van der Waals surface area contributed by atoms with Crippen molar-refractivity contribution in [3.8, 4) is 0 Å². The third-order valence-corrected chi connectivity index (χ3v) is 3.70. The monoisotopic (exact) mass is 276 g/mol. The van der Waals surface area contributed by atoms with Crippen molar-refractivity contribution in [1.82, 2.24) is 0 Å². The molecule has 18 heavy (non-hydrogen) atoms. The van der Waals surface area contributed by atoms with E-state index in [1.807, 2.05) is 0 Å². The van der Waals surface area contributed by atoms with Crippen LogP contribution in [-0.2, 0) is 9.53 Å². The second-order valence-corrected chi connectivity index (χ2v) is 5.59. The highest BCUT2D eigenvalue weighted by Gasteiger charge is 2.08. The molecule has 0 saturated carbocycles. The molecule has 0 bridgehead atoms. The summed E-state index contributed by atoms with van der Waals surface area (Å²) < 4.78 is 4.59. The summed E-state index contributed by atoms with van der Waals surface area (Å²) in [4.78, 5) is 10.9. The Balaban J connectivity index is 3.20. The summed E-state index contributed by atoms with van der Waals surface area (Å²) in [6.45, 7) is 2.24. The summed E-state index contributed by atoms with van der Waals surface area (Å²) in [5.41, 5.74) is 0. The second-order valence-electron chi connectivity index (χ2n) is 4.98. The lowest BCUT2D eigenvalue weighted by atomic mass is 10.1. The van der Waals surface area contributed by atoms with Crippen LogP contribution < -0.4 is 0 Å². The molecule has 0 heterocycles. The summed E-state index contributed by atoms with van der Waals surface area (Å²) in [5.74, 6) is -0.156. The predicted molar refractivity (Wildman–Crippen MR) is 78.1 cm³/mol. The summed E-state index contributed by atoms with van der Waals surface area (Å²) >= 11 is 6.16. The van der Waals surface area contributed by atoms with E-state index in [1.54, 1.807) is 0 Å². The highest BCUT2D eigenvalue weighted by Crippen LogP contribution is 2.16. The van der Waals surface area contributed by atoms with Crippen molar-refractivity contribution in [2.24, 2.45) is 0 Å². The maximum absolute atomic E-state index is 10.9. The molecule has 0 aromatic rings. The van der Waals surface area contributed by atoms with Crippen molar-refractivity contribution in [3.05, 3.63) is 0 Å². The Morgan fingerprint density at radius 2 is 1.56 bits per heavy atom. The summed E-state index contributed by atoms with van der Waals surface area (Å²) in [5, 5.41) is 0.129. The van der Waals surface area contributed by atoms with Crippen LogP contribution in [0.4, 0.5) is 0 Å². The summed E-state index contributed by atoms with van der Waals surface area (Å²) in [7, 11) is 1.42. The Kier molecular flexibility index (Phi) is 13.0. The molecule has 0 spiro atoms. The van der Waals surface area contributed by atoms with Gasteiger partial charge in [-0.2, -0.15) is 0 Å². The van der Waals surface area contributed by atoms with Gasteiger partial charge in [0.05, 0.1) is 7.11 Å². The minimum Gasteiger partial charge on any atom is -0.469 e. The van der Waals surface area contributed by atoms with E-state index in [-0.39, 0.29) is 11.3 Å². The van der Waals surface area contributed by atoms with Gasteiger partial charge in [-0.15, -0.1) is 11.6 Å². The smallest absolute Gasteiger partial charge is 0.305 e. The van der Waals surface area contributed by atoms with E-state index in [1.165, 1.54) is 58.5 Å². The van der Waals surface area contributed by atoms with Crippen LogP contribution in [0.3, 0.4) is 0 Å². The first-order valence-electron chi connectivity index (χ1n) is 7.41. The fraction of sp³-hybridized carbons (Fsp3) is 0.933. The lowest BCUT2D eigenvalue weighted by molar-refractivity contribution is -0.140. The van der Waals surface area contributed by atoms with Crippen molar-refractivity contribution in [3.63, 3.8) is 0 Å². The number of esters is 1. The molecule has 0 radical (unpaired) electrons. The Morgan fingerprint density at radius 1 is 1.00 bits per heavy atom. The van der Waals surface area contributed by atoms with Crippen molar-refractivity contribution in [1.29, 1.82) is 0 Å². The van der Waals surface area contributed by atoms with Crippen LogP contribution in [0.5, 0.6) is 0 Å². The molecule has 1 unspecified atom stereocenters. The molecule has 0 amide bonds. The highest BCUT2D eigenvalue weighted by molar-refractivity contribution is 6.20. The molecule has 0 fully saturated rings. The van der Waals surface area contributed by atoms with Gasteiger partial charge in [-0.3, -0.25) is 4.79 Å². The minimum atomic E-state index is -0.156. The maximum Gasteiger partial charge on any atom is 0.305 e. The van der Waals surface area contributed by atoms with Crippen molar-refractivity contribution in [2.75, 3.05) is 7.11 Å². The molecule has 0 N–H and O–H groups in total. The highest BCUT2D eigenvalue weighted by atomic mass is 35.5. The zero-order valence-corrected chi connectivity index (χ0v) is 12.8. The number of carbonyl (C=O) groups is 1. The Bertz CT molecular complexity index is 195. The lowest BCUT2D eigenvalue weighted by Gasteiger charge is -2.08. The topological polar surface area (TPSA) is 26.3 Å². The van der Waals surface area contributed by atoms with E-state index in [9.17, 15) is 4.79 Å². The first kappa shape index (κ1) is 17.8. The van der Waals surface area contributed by atoms with E-state index < -0.39 is 0 Å². The fourth-order valence-electron chi connectivity index (χ4n) is 2.02. The lowest BCUT2D eigenvalue weighted by Crippen LogP contribution is -2.05. The number of methoxy groups -OCH3 is 1. The van der Waals surface area contributed by atoms with Crippen molar-refractivity contribution in [2.45, 2.75) is 82.9 Å². The van der Waals surface area contributed by atoms with Crippen LogP contribution >= 0.6 is 11.6 Å². The fourth-order valence-corrected chi connectivity index (χ4v) is 2.28. The van der Waals surface area contributed by atoms with Gasteiger partial charge in [0.2, 0.25) is 0 Å². The average molecular weight is 277 g/mol. The molecule has 0 aromatic heterocycles. The van der Waals surface area contributed by atoms with E-state index in [0.717, 1.165) is 12.8 Å². The first-order chi connectivity index (χ1) is 8.70. The minimum absolute atomic E-state index is 0.129. The first-order valence-corrected chi connectivity index (χ1v) is 7.85. The van der Waals surface area contributed by atoms with Gasteiger partial charge in [0.1, 0.15) is 0 Å². The number of carbonyl (C=O) groups excluding carboxylic acids is 1. The van der Waals surface area contributed by atoms with Gasteiger partial charge in [-0.05, 0) is 12.8 Å². The number of ether oxygens (including phenoxy) is 1. The number of hydrogen-bond donors (Lipinski definition) is 0. The molecule has 1 atom stereocenters. The Labute approximate surface area is 117 Å². The van der Waals surface area contributed by atoms with Gasteiger partial charge in [-0.1, -0.05) is 58.3 Å². The second kappa shape index (κ2) is 13.2. The van der Waals surface area contributed by atoms with E-state index in [4.69, 9.17) is 11.6 Å². The molecule has 0 aliphatic rings. The molecule has 0 rings (SSSR count). The summed E-state index contributed by atoms with van der Waals surface area (Å²) in [6.07, 6.45) is 12.8. The van der Waals surface area contributed by atoms with E-state index in [2.05, 4.69) is 11.7 Å². The van der Waals surface area contributed by atoms with Gasteiger partial charge >= 0.3 is 5.97 Å². The number of rotatable bonds is 12. The van der Waals surface area contributed by atoms with Gasteiger partial charge < -0.3 is 4.74 Å². The van der Waals surface area contributed by atoms with Crippen LogP contribution in [0, 0.1) is 0 Å². The normalized spacial score (nSPS) is 12.4. The molecule has 2 nitrogen and oxygen atoms in total. The van der Waals surface area contributed by atoms with E-state index in [0.29, 0.717) is 6.42 Å². The molecule has 0 saturated heterocycles. The zero-order chi connectivity index (χ0) is 13.6. The zero-order valence-electron chi connectivity index (χ0n) is 12.0. The van der Waals surface area contributed by atoms with Gasteiger partial charge in [0.15, 0.2) is 0 Å². The molecular weight excluding hydrogens is 248 g/mol. The van der Waals surface area contributed by atoms with E-state index >= 15 is 0 Å². The third kappa shape index (κ3) is 12.2. The molecule has 108 valence electrons. The largest absolute Gasteiger partial charge is 0.469 e. The maximum atomic E-state index is 10.9. The van der Waals surface area contributed by atoms with Crippen LogP contribution in [0.1, 0.15) is 77.6 Å². The van der Waals surface area contributed by atoms with Crippen LogP contribution in [0.15, 0.2) is 0 Å². The molecular formula is C15H29ClO2. The van der Waals surface area contributed by atoms with Crippen molar-refractivity contribution < 1.29 is 9.53 Å². The van der Waals surface area contributed by atoms with Crippen LogP contribution in [0.2, 0.25) is 0 Å². The van der Waals surface area contributed by atoms with Crippen LogP contribution in [-0.4, -0.2) is 18.5 Å². The predicted octanol–water partition coefficient (Wildman–Crippen LogP) is 5.08. The standard InChI is InChI=1S/C15H29ClO2/c1-3-4-5-6-7-8-9-10-11-14(16)12-13-15(17)18-2/h14H,3-13H2,1-2H3. The van der Waals surface area contributed by atoms with Crippen LogP contribution in [0.25, 0.3) is 0 Å². The van der Waals surface area contributed by atoms with Crippen molar-refractivity contribution >= 4 is 17.6 Å². The SMILES string of the molecule is CCCCCCCCCCC(Cl)CCC(=O)OC. The summed E-state index contributed by atoms with van der Waals surface area (Å²) in [6, 6.07) is 0. The van der Waals surface area contributed by atoms with Gasteiger partial charge in [0, 0.05) is 11.8 Å². The number of unbranched alkanes of at least 4 members (excludes halogenated alkanes) is 7. The molecule has 0 aliphatic heterocycles. The molecule has 0 aromatic carbocycles. The number of halogens is 1. The quantitative estimate of drug-likeness (QED) is 0.282. The van der Waals surface area contributed by atoms with Gasteiger partial charge in [-0.25, -0.2) is 0 Å². The Hall–Kier alpha value is -0.240. The molecule has 0 aliphatic carbocycles. The average Bonchev–Trinajstić information content (AvgIpc) is 2.39. The third-order valence-electron chi connectivity index (χ3n) is 3.26. The number of alkyl halides is 1. The number of hydrogen-bond acceptors (Lipinski definition) is 2.